The Balaban J connectivity index is 1.79. The van der Waals surface area contributed by atoms with Gasteiger partial charge in [-0.1, -0.05) is 27.7 Å². The zero-order chi connectivity index (χ0) is 18.7. The summed E-state index contributed by atoms with van der Waals surface area (Å²) in [6.45, 7) is 11.9. The molecule has 0 aliphatic carbocycles. The van der Waals surface area contributed by atoms with Gasteiger partial charge in [-0.2, -0.15) is 11.8 Å². The van der Waals surface area contributed by atoms with Gasteiger partial charge in [0, 0.05) is 23.9 Å². The van der Waals surface area contributed by atoms with E-state index in [-0.39, 0.29) is 0 Å². The lowest BCUT2D eigenvalue weighted by molar-refractivity contribution is 0.144. The molecular formula is C19H38N2O2S2. The van der Waals surface area contributed by atoms with E-state index in [4.69, 9.17) is 0 Å². The third-order valence-corrected chi connectivity index (χ3v) is 9.52. The maximum atomic E-state index is 11.7. The number of piperidine rings is 2. The van der Waals surface area contributed by atoms with Gasteiger partial charge in [0.25, 0.3) is 0 Å². The fourth-order valence-corrected chi connectivity index (χ4v) is 6.85. The van der Waals surface area contributed by atoms with Crippen molar-refractivity contribution in [3.8, 4) is 0 Å². The molecule has 25 heavy (non-hydrogen) atoms. The second-order valence-electron chi connectivity index (χ2n) is 8.49. The lowest BCUT2D eigenvalue weighted by Gasteiger charge is -2.45. The molecular weight excluding hydrogens is 352 g/mol. The van der Waals surface area contributed by atoms with Gasteiger partial charge in [-0.3, -0.25) is 0 Å². The van der Waals surface area contributed by atoms with Crippen molar-refractivity contribution in [3.63, 3.8) is 0 Å². The van der Waals surface area contributed by atoms with Gasteiger partial charge in [0.05, 0.1) is 6.26 Å². The molecule has 2 saturated heterocycles. The minimum atomic E-state index is -3.01. The maximum absolute atomic E-state index is 11.7. The molecule has 3 atom stereocenters. The normalized spacial score (nSPS) is 31.4. The number of nitrogens with zero attached hydrogens (tertiary/aromatic N) is 1. The maximum Gasteiger partial charge on any atom is 0.211 e. The lowest BCUT2D eigenvalue weighted by Crippen LogP contribution is -2.54. The number of hydrogen-bond donors (Lipinski definition) is 1. The molecule has 4 nitrogen and oxygen atoms in total. The van der Waals surface area contributed by atoms with Crippen LogP contribution in [0, 0.1) is 17.8 Å². The molecule has 1 N–H and O–H groups in total. The molecule has 3 unspecified atom stereocenters. The van der Waals surface area contributed by atoms with Crippen molar-refractivity contribution in [1.29, 1.82) is 0 Å². The van der Waals surface area contributed by atoms with Gasteiger partial charge >= 0.3 is 0 Å². The molecule has 2 rings (SSSR count). The van der Waals surface area contributed by atoms with Crippen molar-refractivity contribution in [2.45, 2.75) is 70.6 Å². The average Bonchev–Trinajstić information content (AvgIpc) is 2.59. The first-order valence-electron chi connectivity index (χ1n) is 9.99. The Morgan fingerprint density at radius 3 is 2.36 bits per heavy atom. The third-order valence-electron chi connectivity index (χ3n) is 6.64. The van der Waals surface area contributed by atoms with E-state index in [1.165, 1.54) is 31.3 Å². The first kappa shape index (κ1) is 21.5. The Bertz CT molecular complexity index is 516. The second kappa shape index (κ2) is 8.94. The quantitative estimate of drug-likeness (QED) is 0.722. The molecule has 2 aliphatic heterocycles. The first-order valence-corrected chi connectivity index (χ1v) is 12.9. The van der Waals surface area contributed by atoms with E-state index in [1.807, 2.05) is 0 Å². The van der Waals surface area contributed by atoms with Gasteiger partial charge in [0.1, 0.15) is 0 Å². The van der Waals surface area contributed by atoms with Crippen molar-refractivity contribution in [1.82, 2.24) is 9.62 Å². The number of sulfonamides is 1. The highest BCUT2D eigenvalue weighted by Crippen LogP contribution is 2.37. The number of nitrogens with one attached hydrogen (secondary N) is 1. The van der Waals surface area contributed by atoms with Gasteiger partial charge in [0.2, 0.25) is 10.0 Å². The summed E-state index contributed by atoms with van der Waals surface area (Å²) >= 11 is 2.13. The topological polar surface area (TPSA) is 49.4 Å². The molecule has 0 aromatic heterocycles. The largest absolute Gasteiger partial charge is 0.311 e. The minimum Gasteiger partial charge on any atom is -0.311 e. The fraction of sp³-hybridized carbons (Fsp3) is 1.00. The van der Waals surface area contributed by atoms with E-state index >= 15 is 0 Å². The summed E-state index contributed by atoms with van der Waals surface area (Å²) in [5.74, 6) is 3.41. The number of hydrogen-bond acceptors (Lipinski definition) is 4. The molecule has 6 heteroatoms. The molecule has 0 aromatic carbocycles. The summed E-state index contributed by atoms with van der Waals surface area (Å²) in [7, 11) is -3.01. The Labute approximate surface area is 159 Å². The zero-order valence-corrected chi connectivity index (χ0v) is 18.4. The SMILES string of the molecule is CCC1(C(C)C)CC(CSC(C)C2CCN(S(C)(=O)=O)CC2)CCN1. The molecule has 2 fully saturated rings. The summed E-state index contributed by atoms with van der Waals surface area (Å²) in [5, 5.41) is 4.44. The van der Waals surface area contributed by atoms with E-state index in [1.54, 1.807) is 4.31 Å². The summed E-state index contributed by atoms with van der Waals surface area (Å²) in [4.78, 5) is 0. The van der Waals surface area contributed by atoms with Crippen LogP contribution < -0.4 is 5.32 Å². The number of thioether (sulfide) groups is 1. The van der Waals surface area contributed by atoms with E-state index in [2.05, 4.69) is 44.8 Å². The van der Waals surface area contributed by atoms with Crippen molar-refractivity contribution < 1.29 is 8.42 Å². The van der Waals surface area contributed by atoms with Crippen LogP contribution in [0.5, 0.6) is 0 Å². The Morgan fingerprint density at radius 1 is 1.20 bits per heavy atom. The van der Waals surface area contributed by atoms with Crippen molar-refractivity contribution >= 4 is 21.8 Å². The highest BCUT2D eigenvalue weighted by atomic mass is 32.2. The predicted molar refractivity (Wildman–Crippen MR) is 110 cm³/mol. The van der Waals surface area contributed by atoms with Gasteiger partial charge in [-0.25, -0.2) is 12.7 Å². The highest BCUT2D eigenvalue weighted by molar-refractivity contribution is 7.99. The van der Waals surface area contributed by atoms with Gasteiger partial charge < -0.3 is 5.32 Å². The number of rotatable bonds is 7. The van der Waals surface area contributed by atoms with Crippen LogP contribution in [-0.4, -0.2) is 55.2 Å². The van der Waals surface area contributed by atoms with Gasteiger partial charge in [-0.05, 0) is 62.2 Å². The van der Waals surface area contributed by atoms with Crippen LogP contribution in [0.2, 0.25) is 0 Å². The second-order valence-corrected chi connectivity index (χ2v) is 11.9. The first-order chi connectivity index (χ1) is 11.7. The van der Waals surface area contributed by atoms with E-state index in [0.717, 1.165) is 25.3 Å². The highest BCUT2D eigenvalue weighted by Gasteiger charge is 2.37. The molecule has 2 heterocycles. The minimum absolute atomic E-state index is 0.327. The molecule has 0 aromatic rings. The van der Waals surface area contributed by atoms with Crippen LogP contribution in [0.15, 0.2) is 0 Å². The molecule has 0 radical (unpaired) electrons. The summed E-state index contributed by atoms with van der Waals surface area (Å²) in [5.41, 5.74) is 0.327. The van der Waals surface area contributed by atoms with Crippen LogP contribution in [0.3, 0.4) is 0 Å². The van der Waals surface area contributed by atoms with Crippen molar-refractivity contribution in [2.75, 3.05) is 31.6 Å². The summed E-state index contributed by atoms with van der Waals surface area (Å²) in [6.07, 6.45) is 7.16. The van der Waals surface area contributed by atoms with Crippen molar-refractivity contribution in [2.24, 2.45) is 17.8 Å². The van der Waals surface area contributed by atoms with Crippen LogP contribution in [0.4, 0.5) is 0 Å². The fourth-order valence-electron chi connectivity index (χ4n) is 4.58. The third kappa shape index (κ3) is 5.60. The van der Waals surface area contributed by atoms with Crippen LogP contribution in [-0.2, 0) is 10.0 Å². The van der Waals surface area contributed by atoms with Crippen LogP contribution >= 0.6 is 11.8 Å². The monoisotopic (exact) mass is 390 g/mol. The van der Waals surface area contributed by atoms with E-state index in [9.17, 15) is 8.42 Å². The van der Waals surface area contributed by atoms with E-state index in [0.29, 0.717) is 35.7 Å². The van der Waals surface area contributed by atoms with Crippen LogP contribution in [0.1, 0.15) is 59.8 Å². The lowest BCUT2D eigenvalue weighted by atomic mass is 9.74. The molecule has 0 bridgehead atoms. The predicted octanol–water partition coefficient (Wildman–Crippen LogP) is 3.58. The molecule has 0 saturated carbocycles. The molecule has 2 aliphatic rings. The Morgan fingerprint density at radius 2 is 1.84 bits per heavy atom. The van der Waals surface area contributed by atoms with Gasteiger partial charge in [0.15, 0.2) is 0 Å². The standard InChI is InChI=1S/C19H38N2O2S2/c1-6-19(15(2)3)13-17(7-10-20-19)14-24-16(4)18-8-11-21(12-9-18)25(5,22)23/h15-18,20H,6-14H2,1-5H3. The van der Waals surface area contributed by atoms with Gasteiger partial charge in [-0.15, -0.1) is 0 Å². The average molecular weight is 391 g/mol. The molecule has 0 spiro atoms. The van der Waals surface area contributed by atoms with E-state index < -0.39 is 10.0 Å². The summed E-state index contributed by atoms with van der Waals surface area (Å²) < 4.78 is 25.0. The Hall–Kier alpha value is 0.220. The van der Waals surface area contributed by atoms with Crippen molar-refractivity contribution in [3.05, 3.63) is 0 Å². The summed E-state index contributed by atoms with van der Waals surface area (Å²) in [6, 6.07) is 0. The molecule has 148 valence electrons. The Kier molecular flexibility index (Phi) is 7.69. The smallest absolute Gasteiger partial charge is 0.211 e. The van der Waals surface area contributed by atoms with Crippen LogP contribution in [0.25, 0.3) is 0 Å². The zero-order valence-electron chi connectivity index (χ0n) is 16.8. The molecule has 0 amide bonds.